The van der Waals surface area contributed by atoms with Crippen molar-refractivity contribution in [2.75, 3.05) is 20.3 Å². The minimum Gasteiger partial charge on any atom is -0.497 e. The van der Waals surface area contributed by atoms with E-state index in [1.165, 1.54) is 0 Å². The van der Waals surface area contributed by atoms with E-state index in [9.17, 15) is 4.79 Å². The van der Waals surface area contributed by atoms with E-state index < -0.39 is 0 Å². The van der Waals surface area contributed by atoms with E-state index in [2.05, 4.69) is 38.0 Å². The highest BCUT2D eigenvalue weighted by molar-refractivity contribution is 6.04. The van der Waals surface area contributed by atoms with Gasteiger partial charge in [0, 0.05) is 12.1 Å². The molecule has 1 aromatic carbocycles. The number of methoxy groups -OCH3 is 1. The number of amides is 1. The first-order valence-electron chi connectivity index (χ1n) is 8.05. The summed E-state index contributed by atoms with van der Waals surface area (Å²) < 4.78 is 10.7. The lowest BCUT2D eigenvalue weighted by molar-refractivity contribution is 0.0963. The topological polar surface area (TPSA) is 59.9 Å². The molecular weight excluding hydrogens is 292 g/mol. The first-order chi connectivity index (χ1) is 10.9. The van der Waals surface area contributed by atoms with Crippen LogP contribution in [0.4, 0.5) is 0 Å². The van der Waals surface area contributed by atoms with Gasteiger partial charge in [0.15, 0.2) is 0 Å². The lowest BCUT2D eigenvalue weighted by Crippen LogP contribution is -2.33. The smallest absolute Gasteiger partial charge is 0.291 e. The van der Waals surface area contributed by atoms with Crippen LogP contribution in [0.15, 0.2) is 29.3 Å². The van der Waals surface area contributed by atoms with Crippen LogP contribution in [0.3, 0.4) is 0 Å². The maximum atomic E-state index is 12.3. The van der Waals surface area contributed by atoms with Crippen molar-refractivity contribution in [2.24, 2.45) is 16.8 Å². The fourth-order valence-electron chi connectivity index (χ4n) is 1.70. The molecule has 0 fully saturated rings. The number of carbonyl (C=O) groups excluding carboxylic acids is 1. The Morgan fingerprint density at radius 1 is 1.13 bits per heavy atom. The number of hydrogen-bond acceptors (Lipinski definition) is 4. The number of nitrogens with zero attached hydrogens (tertiary/aromatic N) is 1. The van der Waals surface area contributed by atoms with Crippen molar-refractivity contribution in [3.63, 3.8) is 0 Å². The first-order valence-corrected chi connectivity index (χ1v) is 8.05. The Morgan fingerprint density at radius 3 is 2.30 bits per heavy atom. The number of carbonyl (C=O) groups is 1. The van der Waals surface area contributed by atoms with E-state index in [4.69, 9.17) is 9.47 Å². The Labute approximate surface area is 139 Å². The van der Waals surface area contributed by atoms with Crippen molar-refractivity contribution in [1.82, 2.24) is 5.32 Å². The molecule has 1 amide bonds. The zero-order valence-corrected chi connectivity index (χ0v) is 14.8. The van der Waals surface area contributed by atoms with Gasteiger partial charge in [-0.1, -0.05) is 27.7 Å². The van der Waals surface area contributed by atoms with Gasteiger partial charge in [0.25, 0.3) is 11.9 Å². The van der Waals surface area contributed by atoms with Gasteiger partial charge in [-0.15, -0.1) is 0 Å². The fourth-order valence-corrected chi connectivity index (χ4v) is 1.70. The van der Waals surface area contributed by atoms with Gasteiger partial charge < -0.3 is 9.47 Å². The molecule has 0 heterocycles. The van der Waals surface area contributed by atoms with Crippen molar-refractivity contribution in [1.29, 1.82) is 0 Å². The van der Waals surface area contributed by atoms with Crippen LogP contribution in [-0.2, 0) is 4.74 Å². The number of amidine groups is 1. The number of ether oxygens (including phenoxy) is 2. The average Bonchev–Trinajstić information content (AvgIpc) is 2.52. The molecule has 0 aromatic heterocycles. The average molecular weight is 320 g/mol. The number of benzene rings is 1. The molecule has 0 radical (unpaired) electrons. The highest BCUT2D eigenvalue weighted by Gasteiger charge is 2.11. The van der Waals surface area contributed by atoms with Gasteiger partial charge in [0.05, 0.1) is 13.7 Å². The van der Waals surface area contributed by atoms with Crippen molar-refractivity contribution >= 4 is 11.9 Å². The normalized spacial score (nSPS) is 11.7. The Balaban J connectivity index is 2.70. The molecule has 1 N–H and O–H groups in total. The SMILES string of the molecule is COc1ccc(C(=O)NC(=NCCC(C)C)OCC(C)C)cc1. The quantitative estimate of drug-likeness (QED) is 0.618. The van der Waals surface area contributed by atoms with Gasteiger partial charge in [0.2, 0.25) is 0 Å². The molecule has 0 saturated carbocycles. The molecule has 23 heavy (non-hydrogen) atoms. The molecular formula is C18H28N2O3. The molecule has 0 spiro atoms. The van der Waals surface area contributed by atoms with Crippen LogP contribution in [0.25, 0.3) is 0 Å². The molecule has 1 aromatic rings. The lowest BCUT2D eigenvalue weighted by Gasteiger charge is -2.13. The molecule has 0 saturated heterocycles. The summed E-state index contributed by atoms with van der Waals surface area (Å²) in [6, 6.07) is 7.21. The third-order valence-electron chi connectivity index (χ3n) is 3.09. The summed E-state index contributed by atoms with van der Waals surface area (Å²) in [6.45, 7) is 9.53. The highest BCUT2D eigenvalue weighted by atomic mass is 16.5. The standard InChI is InChI=1S/C18H28N2O3/c1-13(2)10-11-19-18(23-12-14(3)4)20-17(21)15-6-8-16(22-5)9-7-15/h6-9,13-14H,10-12H2,1-5H3,(H,19,20,21). The molecule has 0 aliphatic carbocycles. The molecule has 0 aliphatic rings. The zero-order chi connectivity index (χ0) is 17.2. The van der Waals surface area contributed by atoms with E-state index in [-0.39, 0.29) is 5.91 Å². The molecule has 0 aliphatic heterocycles. The van der Waals surface area contributed by atoms with Crippen molar-refractivity contribution in [3.8, 4) is 5.75 Å². The second-order valence-electron chi connectivity index (χ2n) is 6.26. The predicted molar refractivity (Wildman–Crippen MR) is 93.0 cm³/mol. The van der Waals surface area contributed by atoms with Gasteiger partial charge >= 0.3 is 0 Å². The van der Waals surface area contributed by atoms with E-state index in [1.807, 2.05) is 0 Å². The van der Waals surface area contributed by atoms with Crippen LogP contribution in [-0.4, -0.2) is 32.2 Å². The fraction of sp³-hybridized carbons (Fsp3) is 0.556. The van der Waals surface area contributed by atoms with E-state index >= 15 is 0 Å². The van der Waals surface area contributed by atoms with E-state index in [1.54, 1.807) is 31.4 Å². The van der Waals surface area contributed by atoms with Gasteiger partial charge in [0.1, 0.15) is 5.75 Å². The van der Waals surface area contributed by atoms with Crippen LogP contribution >= 0.6 is 0 Å². The van der Waals surface area contributed by atoms with Crippen LogP contribution in [0.5, 0.6) is 5.75 Å². The van der Waals surface area contributed by atoms with Crippen molar-refractivity contribution in [3.05, 3.63) is 29.8 Å². The zero-order valence-electron chi connectivity index (χ0n) is 14.8. The summed E-state index contributed by atoms with van der Waals surface area (Å²) in [7, 11) is 1.59. The maximum Gasteiger partial charge on any atom is 0.291 e. The van der Waals surface area contributed by atoms with Crippen molar-refractivity contribution in [2.45, 2.75) is 34.1 Å². The van der Waals surface area contributed by atoms with Crippen LogP contribution in [0.1, 0.15) is 44.5 Å². The van der Waals surface area contributed by atoms with Crippen LogP contribution in [0, 0.1) is 11.8 Å². The lowest BCUT2D eigenvalue weighted by atomic mass is 10.1. The minimum absolute atomic E-state index is 0.236. The number of nitrogens with one attached hydrogen (secondary N) is 1. The molecule has 5 nitrogen and oxygen atoms in total. The summed E-state index contributed by atoms with van der Waals surface area (Å²) in [5.74, 6) is 1.40. The minimum atomic E-state index is -0.236. The molecule has 1 rings (SSSR count). The number of aliphatic imine (C=N–C) groups is 1. The van der Waals surface area contributed by atoms with Gasteiger partial charge in [-0.05, 0) is 42.5 Å². The van der Waals surface area contributed by atoms with Gasteiger partial charge in [-0.25, -0.2) is 4.99 Å². The molecule has 128 valence electrons. The second-order valence-corrected chi connectivity index (χ2v) is 6.26. The molecule has 0 bridgehead atoms. The second kappa shape index (κ2) is 9.87. The van der Waals surface area contributed by atoms with E-state index in [0.29, 0.717) is 42.3 Å². The van der Waals surface area contributed by atoms with E-state index in [0.717, 1.165) is 6.42 Å². The third-order valence-corrected chi connectivity index (χ3v) is 3.09. The number of rotatable bonds is 7. The summed E-state index contributed by atoms with van der Waals surface area (Å²) >= 11 is 0. The summed E-state index contributed by atoms with van der Waals surface area (Å²) in [4.78, 5) is 16.7. The molecule has 5 heteroatoms. The highest BCUT2D eigenvalue weighted by Crippen LogP contribution is 2.11. The largest absolute Gasteiger partial charge is 0.497 e. The van der Waals surface area contributed by atoms with Gasteiger partial charge in [-0.2, -0.15) is 0 Å². The predicted octanol–water partition coefficient (Wildman–Crippen LogP) is 3.50. The maximum absolute atomic E-state index is 12.3. The Morgan fingerprint density at radius 2 is 1.78 bits per heavy atom. The monoisotopic (exact) mass is 320 g/mol. The Bertz CT molecular complexity index is 508. The van der Waals surface area contributed by atoms with Crippen molar-refractivity contribution < 1.29 is 14.3 Å². The third kappa shape index (κ3) is 7.68. The summed E-state index contributed by atoms with van der Waals surface area (Å²) in [5, 5.41) is 2.75. The van der Waals surface area contributed by atoms with Crippen LogP contribution < -0.4 is 10.1 Å². The van der Waals surface area contributed by atoms with Gasteiger partial charge in [-0.3, -0.25) is 10.1 Å². The summed E-state index contributed by atoms with van der Waals surface area (Å²) in [5.41, 5.74) is 0.538. The summed E-state index contributed by atoms with van der Waals surface area (Å²) in [6.07, 6.45) is 0.951. The molecule has 0 atom stereocenters. The van der Waals surface area contributed by atoms with Crippen LogP contribution in [0.2, 0.25) is 0 Å². The Kier molecular flexibility index (Phi) is 8.16. The number of hydrogen-bond donors (Lipinski definition) is 1. The first kappa shape index (κ1) is 19.0. The Hall–Kier alpha value is -2.04. The molecule has 0 unspecified atom stereocenters.